The summed E-state index contributed by atoms with van der Waals surface area (Å²) < 4.78 is 11.6. The minimum absolute atomic E-state index is 0.0309. The van der Waals surface area contributed by atoms with E-state index < -0.39 is 0 Å². The van der Waals surface area contributed by atoms with Crippen LogP contribution in [0.15, 0.2) is 63.3 Å². The van der Waals surface area contributed by atoms with Crippen molar-refractivity contribution >= 4 is 17.0 Å². The van der Waals surface area contributed by atoms with Gasteiger partial charge in [0.05, 0.1) is 0 Å². The number of benzene rings is 2. The van der Waals surface area contributed by atoms with Crippen LogP contribution in [0.2, 0.25) is 0 Å². The lowest BCUT2D eigenvalue weighted by Crippen LogP contribution is -2.14. The van der Waals surface area contributed by atoms with Crippen molar-refractivity contribution < 1.29 is 9.15 Å². The molecule has 1 unspecified atom stereocenters. The Balaban J connectivity index is 1.73. The van der Waals surface area contributed by atoms with Gasteiger partial charge in [-0.15, -0.1) is 0 Å². The molecule has 0 bridgehead atoms. The minimum Gasteiger partial charge on any atom is -0.485 e. The third-order valence-electron chi connectivity index (χ3n) is 4.54. The SMILES string of the molecule is C/C(=C/c1ccccc1)C1Cc2c(ccc3c(C)cc(=O)oc23)O1. The van der Waals surface area contributed by atoms with Crippen LogP contribution in [0, 0.1) is 6.92 Å². The molecule has 0 aliphatic carbocycles. The zero-order valence-corrected chi connectivity index (χ0v) is 13.7. The second-order valence-corrected chi connectivity index (χ2v) is 6.28. The molecule has 2 heterocycles. The smallest absolute Gasteiger partial charge is 0.336 e. The fourth-order valence-electron chi connectivity index (χ4n) is 3.26. The molecule has 120 valence electrons. The Hall–Kier alpha value is -2.81. The Morgan fingerprint density at radius 1 is 1.17 bits per heavy atom. The maximum Gasteiger partial charge on any atom is 0.336 e. The zero-order valence-electron chi connectivity index (χ0n) is 13.7. The summed E-state index contributed by atoms with van der Waals surface area (Å²) >= 11 is 0. The lowest BCUT2D eigenvalue weighted by molar-refractivity contribution is 0.271. The Morgan fingerprint density at radius 3 is 2.75 bits per heavy atom. The topological polar surface area (TPSA) is 39.4 Å². The Kier molecular flexibility index (Phi) is 3.49. The first kappa shape index (κ1) is 14.8. The molecule has 2 aromatic carbocycles. The molecule has 1 aliphatic heterocycles. The fraction of sp³-hybridized carbons (Fsp3) is 0.190. The first-order valence-electron chi connectivity index (χ1n) is 8.08. The van der Waals surface area contributed by atoms with Gasteiger partial charge in [0.2, 0.25) is 0 Å². The maximum absolute atomic E-state index is 11.7. The van der Waals surface area contributed by atoms with E-state index in [4.69, 9.17) is 9.15 Å². The van der Waals surface area contributed by atoms with Gasteiger partial charge < -0.3 is 9.15 Å². The van der Waals surface area contributed by atoms with E-state index in [1.165, 1.54) is 6.07 Å². The van der Waals surface area contributed by atoms with Crippen molar-refractivity contribution in [2.75, 3.05) is 0 Å². The largest absolute Gasteiger partial charge is 0.485 e. The van der Waals surface area contributed by atoms with Gasteiger partial charge in [0, 0.05) is 23.4 Å². The van der Waals surface area contributed by atoms with E-state index in [0.717, 1.165) is 33.4 Å². The summed E-state index contributed by atoms with van der Waals surface area (Å²) in [6.07, 6.45) is 2.82. The molecule has 0 saturated heterocycles. The van der Waals surface area contributed by atoms with Gasteiger partial charge in [-0.1, -0.05) is 36.4 Å². The van der Waals surface area contributed by atoms with Gasteiger partial charge in [-0.2, -0.15) is 0 Å². The lowest BCUT2D eigenvalue weighted by Gasteiger charge is -2.11. The number of hydrogen-bond donors (Lipinski definition) is 0. The molecule has 1 atom stereocenters. The Labute approximate surface area is 140 Å². The third kappa shape index (κ3) is 2.52. The predicted octanol–water partition coefficient (Wildman–Crippen LogP) is 4.51. The molecule has 3 nitrogen and oxygen atoms in total. The highest BCUT2D eigenvalue weighted by molar-refractivity contribution is 5.85. The van der Waals surface area contributed by atoms with Gasteiger partial charge in [0.1, 0.15) is 17.4 Å². The summed E-state index contributed by atoms with van der Waals surface area (Å²) in [4.78, 5) is 11.7. The average molecular weight is 318 g/mol. The van der Waals surface area contributed by atoms with Crippen LogP contribution in [0.4, 0.5) is 0 Å². The van der Waals surface area contributed by atoms with Crippen LogP contribution in [0.3, 0.4) is 0 Å². The average Bonchev–Trinajstić information content (AvgIpc) is 3.00. The molecule has 3 aromatic rings. The van der Waals surface area contributed by atoms with Crippen LogP contribution in [-0.4, -0.2) is 6.10 Å². The highest BCUT2D eigenvalue weighted by Crippen LogP contribution is 2.37. The van der Waals surface area contributed by atoms with Crippen molar-refractivity contribution in [2.45, 2.75) is 26.4 Å². The molecule has 0 N–H and O–H groups in total. The van der Waals surface area contributed by atoms with Crippen molar-refractivity contribution in [1.82, 2.24) is 0 Å². The molecular weight excluding hydrogens is 300 g/mol. The van der Waals surface area contributed by atoms with Gasteiger partial charge in [0.15, 0.2) is 0 Å². The number of hydrogen-bond acceptors (Lipinski definition) is 3. The Morgan fingerprint density at radius 2 is 1.96 bits per heavy atom. The number of aryl methyl sites for hydroxylation is 1. The first-order chi connectivity index (χ1) is 11.6. The number of fused-ring (bicyclic) bond motifs is 3. The quantitative estimate of drug-likeness (QED) is 0.653. The van der Waals surface area contributed by atoms with Crippen molar-refractivity contribution in [3.05, 3.63) is 81.2 Å². The lowest BCUT2D eigenvalue weighted by atomic mass is 10.00. The number of rotatable bonds is 2. The molecule has 0 amide bonds. The molecule has 1 aliphatic rings. The molecule has 0 fully saturated rings. The predicted molar refractivity (Wildman–Crippen MR) is 95.4 cm³/mol. The zero-order chi connectivity index (χ0) is 16.7. The maximum atomic E-state index is 11.7. The molecule has 1 aromatic heterocycles. The second-order valence-electron chi connectivity index (χ2n) is 6.28. The summed E-state index contributed by atoms with van der Waals surface area (Å²) in [6.45, 7) is 4.01. The van der Waals surface area contributed by atoms with Crippen LogP contribution in [0.25, 0.3) is 17.0 Å². The van der Waals surface area contributed by atoms with Crippen molar-refractivity contribution in [3.8, 4) is 5.75 Å². The van der Waals surface area contributed by atoms with Gasteiger partial charge in [0.25, 0.3) is 0 Å². The Bertz CT molecular complexity index is 997. The normalized spacial score (nSPS) is 16.9. The fourth-order valence-corrected chi connectivity index (χ4v) is 3.26. The van der Waals surface area contributed by atoms with Crippen molar-refractivity contribution in [1.29, 1.82) is 0 Å². The van der Waals surface area contributed by atoms with E-state index in [2.05, 4.69) is 25.1 Å². The van der Waals surface area contributed by atoms with E-state index >= 15 is 0 Å². The summed E-state index contributed by atoms with van der Waals surface area (Å²) in [5.74, 6) is 0.807. The molecule has 0 radical (unpaired) electrons. The highest BCUT2D eigenvalue weighted by Gasteiger charge is 2.27. The van der Waals surface area contributed by atoms with Gasteiger partial charge in [-0.3, -0.25) is 0 Å². The van der Waals surface area contributed by atoms with E-state index in [1.54, 1.807) is 0 Å². The summed E-state index contributed by atoms with van der Waals surface area (Å²) in [6, 6.07) is 15.7. The summed E-state index contributed by atoms with van der Waals surface area (Å²) in [7, 11) is 0. The second kappa shape index (κ2) is 5.68. The molecule has 4 rings (SSSR count). The van der Waals surface area contributed by atoms with Crippen LogP contribution in [0.1, 0.15) is 23.6 Å². The molecule has 3 heteroatoms. The third-order valence-corrected chi connectivity index (χ3v) is 4.54. The molecular formula is C21H18O3. The van der Waals surface area contributed by atoms with Crippen molar-refractivity contribution in [2.24, 2.45) is 0 Å². The minimum atomic E-state index is -0.312. The van der Waals surface area contributed by atoms with Gasteiger partial charge in [-0.25, -0.2) is 4.79 Å². The highest BCUT2D eigenvalue weighted by atomic mass is 16.5. The monoisotopic (exact) mass is 318 g/mol. The molecule has 0 spiro atoms. The molecule has 0 saturated carbocycles. The van der Waals surface area contributed by atoms with E-state index in [-0.39, 0.29) is 11.7 Å². The first-order valence-corrected chi connectivity index (χ1v) is 8.08. The molecule has 24 heavy (non-hydrogen) atoms. The van der Waals surface area contributed by atoms with Crippen molar-refractivity contribution in [3.63, 3.8) is 0 Å². The van der Waals surface area contributed by atoms with Gasteiger partial charge >= 0.3 is 5.63 Å². The van der Waals surface area contributed by atoms with E-state index in [9.17, 15) is 4.79 Å². The van der Waals surface area contributed by atoms with Crippen LogP contribution in [0.5, 0.6) is 5.75 Å². The number of ether oxygens (including phenoxy) is 1. The van der Waals surface area contributed by atoms with Crippen LogP contribution < -0.4 is 10.4 Å². The summed E-state index contributed by atoms with van der Waals surface area (Å²) in [5.41, 5.74) is 4.58. The van der Waals surface area contributed by atoms with Crippen LogP contribution in [-0.2, 0) is 6.42 Å². The van der Waals surface area contributed by atoms with Crippen LogP contribution >= 0.6 is 0 Å². The summed E-state index contributed by atoms with van der Waals surface area (Å²) in [5, 5.41) is 0.974. The standard InChI is InChI=1S/C21H18O3/c1-13-11-20(22)24-21-16(13)8-9-18-17(21)12-19(23-18)14(2)10-15-6-4-3-5-7-15/h3-11,19H,12H2,1-2H3/b14-10-. The van der Waals surface area contributed by atoms with E-state index in [0.29, 0.717) is 12.0 Å². The van der Waals surface area contributed by atoms with E-state index in [1.807, 2.05) is 37.3 Å². The van der Waals surface area contributed by atoms with Gasteiger partial charge in [-0.05, 0) is 42.7 Å².